The minimum atomic E-state index is -0.442. The average Bonchev–Trinajstić information content (AvgIpc) is 2.60. The number of hydrogen-bond donors (Lipinski definition) is 1. The van der Waals surface area contributed by atoms with Gasteiger partial charge in [-0.3, -0.25) is 9.59 Å². The summed E-state index contributed by atoms with van der Waals surface area (Å²) >= 11 is 12.3. The molecule has 0 aliphatic heterocycles. The average molecular weight is 397 g/mol. The van der Waals surface area contributed by atoms with Crippen molar-refractivity contribution in [2.45, 2.75) is 6.92 Å². The van der Waals surface area contributed by atoms with Crippen molar-refractivity contribution in [3.63, 3.8) is 0 Å². The number of para-hydroxylation sites is 1. The van der Waals surface area contributed by atoms with Crippen LogP contribution in [0.2, 0.25) is 10.0 Å². The van der Waals surface area contributed by atoms with Gasteiger partial charge in [-0.25, -0.2) is 0 Å². The Balaban J connectivity index is 2.26. The van der Waals surface area contributed by atoms with E-state index >= 15 is 0 Å². The zero-order chi connectivity index (χ0) is 19.3. The van der Waals surface area contributed by atoms with Crippen LogP contribution < -0.4 is 19.7 Å². The number of benzene rings is 2. The second-order valence-electron chi connectivity index (χ2n) is 5.29. The number of nitrogens with zero attached hydrogens (tertiary/aromatic N) is 1. The van der Waals surface area contributed by atoms with Crippen LogP contribution in [0.15, 0.2) is 36.4 Å². The minimum Gasteiger partial charge on any atom is -0.497 e. The molecule has 0 radical (unpaired) electrons. The number of ether oxygens (including phenoxy) is 2. The van der Waals surface area contributed by atoms with Crippen molar-refractivity contribution in [3.8, 4) is 11.5 Å². The summed E-state index contributed by atoms with van der Waals surface area (Å²) in [6.45, 7) is 1.07. The monoisotopic (exact) mass is 396 g/mol. The van der Waals surface area contributed by atoms with Crippen molar-refractivity contribution in [2.24, 2.45) is 0 Å². The summed E-state index contributed by atoms with van der Waals surface area (Å²) in [6, 6.07) is 9.86. The molecule has 0 fully saturated rings. The number of hydrogen-bond acceptors (Lipinski definition) is 4. The van der Waals surface area contributed by atoms with Crippen LogP contribution in [0.4, 0.5) is 11.4 Å². The quantitative estimate of drug-likeness (QED) is 0.800. The van der Waals surface area contributed by atoms with Gasteiger partial charge >= 0.3 is 0 Å². The molecule has 26 heavy (non-hydrogen) atoms. The lowest BCUT2D eigenvalue weighted by Gasteiger charge is -2.23. The van der Waals surface area contributed by atoms with Gasteiger partial charge in [0.1, 0.15) is 18.0 Å². The molecule has 0 aromatic heterocycles. The van der Waals surface area contributed by atoms with Crippen LogP contribution >= 0.6 is 23.2 Å². The molecular formula is C18H18Cl2N2O4. The fourth-order valence-corrected chi connectivity index (χ4v) is 2.94. The van der Waals surface area contributed by atoms with Gasteiger partial charge in [-0.15, -0.1) is 0 Å². The first-order chi connectivity index (χ1) is 12.4. The summed E-state index contributed by atoms with van der Waals surface area (Å²) < 4.78 is 10.4. The van der Waals surface area contributed by atoms with Crippen LogP contribution in [0.25, 0.3) is 0 Å². The van der Waals surface area contributed by atoms with E-state index in [1.54, 1.807) is 36.4 Å². The van der Waals surface area contributed by atoms with Crippen LogP contribution in [0.5, 0.6) is 11.5 Å². The molecule has 0 aliphatic carbocycles. The summed E-state index contributed by atoms with van der Waals surface area (Å²) in [5.74, 6) is 0.207. The first-order valence-electron chi connectivity index (χ1n) is 7.61. The highest BCUT2D eigenvalue weighted by Gasteiger charge is 2.21. The smallest absolute Gasteiger partial charge is 0.244 e. The maximum absolute atomic E-state index is 12.5. The van der Waals surface area contributed by atoms with E-state index < -0.39 is 5.91 Å². The number of amides is 2. The second kappa shape index (κ2) is 8.78. The molecule has 0 spiro atoms. The van der Waals surface area contributed by atoms with Gasteiger partial charge in [-0.05, 0) is 24.3 Å². The van der Waals surface area contributed by atoms with Gasteiger partial charge in [0.25, 0.3) is 0 Å². The van der Waals surface area contributed by atoms with Crippen molar-refractivity contribution >= 4 is 46.4 Å². The summed E-state index contributed by atoms with van der Waals surface area (Å²) in [4.78, 5) is 25.8. The molecule has 0 atom stereocenters. The Hall–Kier alpha value is -2.44. The Kier molecular flexibility index (Phi) is 6.71. The van der Waals surface area contributed by atoms with E-state index in [1.165, 1.54) is 26.0 Å². The number of carbonyl (C=O) groups is 2. The molecule has 1 N–H and O–H groups in total. The molecule has 0 saturated heterocycles. The zero-order valence-electron chi connectivity index (χ0n) is 14.5. The largest absolute Gasteiger partial charge is 0.497 e. The number of nitrogens with one attached hydrogen (secondary N) is 1. The molecule has 0 heterocycles. The zero-order valence-corrected chi connectivity index (χ0v) is 16.0. The van der Waals surface area contributed by atoms with E-state index in [0.717, 1.165) is 0 Å². The maximum atomic E-state index is 12.5. The van der Waals surface area contributed by atoms with Gasteiger partial charge in [0.15, 0.2) is 0 Å². The number of rotatable bonds is 6. The molecule has 2 aromatic carbocycles. The van der Waals surface area contributed by atoms with Crippen molar-refractivity contribution < 1.29 is 19.1 Å². The SMILES string of the molecule is COc1ccc(OC)c(NC(=O)CN(C(C)=O)c2c(Cl)cccc2Cl)c1. The maximum Gasteiger partial charge on any atom is 0.244 e. The van der Waals surface area contributed by atoms with Gasteiger partial charge in [0.2, 0.25) is 11.8 Å². The lowest BCUT2D eigenvalue weighted by molar-refractivity contribution is -0.120. The second-order valence-corrected chi connectivity index (χ2v) is 6.10. The highest BCUT2D eigenvalue weighted by molar-refractivity contribution is 6.40. The van der Waals surface area contributed by atoms with E-state index in [9.17, 15) is 9.59 Å². The van der Waals surface area contributed by atoms with Gasteiger partial charge in [-0.1, -0.05) is 29.3 Å². The summed E-state index contributed by atoms with van der Waals surface area (Å²) in [5.41, 5.74) is 0.710. The predicted molar refractivity (Wildman–Crippen MR) is 103 cm³/mol. The van der Waals surface area contributed by atoms with Crippen LogP contribution in [-0.4, -0.2) is 32.6 Å². The number of anilines is 2. The Bertz CT molecular complexity index is 807. The highest BCUT2D eigenvalue weighted by atomic mass is 35.5. The third-order valence-corrected chi connectivity index (χ3v) is 4.18. The Labute approximate surface area is 161 Å². The van der Waals surface area contributed by atoms with Crippen molar-refractivity contribution in [2.75, 3.05) is 31.0 Å². The molecule has 6 nitrogen and oxygen atoms in total. The lowest BCUT2D eigenvalue weighted by atomic mass is 10.2. The van der Waals surface area contributed by atoms with Crippen LogP contribution in [0.3, 0.4) is 0 Å². The highest BCUT2D eigenvalue weighted by Crippen LogP contribution is 2.34. The summed E-state index contributed by atoms with van der Waals surface area (Å²) in [7, 11) is 3.01. The molecule has 0 saturated carbocycles. The number of carbonyl (C=O) groups excluding carboxylic acids is 2. The van der Waals surface area contributed by atoms with E-state index in [4.69, 9.17) is 32.7 Å². The number of halogens is 2. The first kappa shape index (κ1) is 19.9. The lowest BCUT2D eigenvalue weighted by Crippen LogP contribution is -2.37. The molecule has 0 aliphatic rings. The molecule has 0 bridgehead atoms. The van der Waals surface area contributed by atoms with Gasteiger partial charge in [0, 0.05) is 13.0 Å². The standard InChI is InChI=1S/C18H18Cl2N2O4/c1-11(23)22(18-13(19)5-4-6-14(18)20)10-17(24)21-15-9-12(25-2)7-8-16(15)26-3/h4-9H,10H2,1-3H3,(H,21,24). The predicted octanol–water partition coefficient (Wildman–Crippen LogP) is 4.00. The molecule has 0 unspecified atom stereocenters. The van der Waals surface area contributed by atoms with Crippen molar-refractivity contribution in [1.82, 2.24) is 0 Å². The third kappa shape index (κ3) is 4.59. The van der Waals surface area contributed by atoms with Gasteiger partial charge in [0.05, 0.1) is 35.6 Å². The number of methoxy groups -OCH3 is 2. The van der Waals surface area contributed by atoms with E-state index in [-0.39, 0.29) is 28.2 Å². The van der Waals surface area contributed by atoms with Gasteiger partial charge < -0.3 is 19.7 Å². The topological polar surface area (TPSA) is 67.9 Å². The Morgan fingerprint density at radius 3 is 2.27 bits per heavy atom. The van der Waals surface area contributed by atoms with Crippen molar-refractivity contribution in [1.29, 1.82) is 0 Å². The fraction of sp³-hybridized carbons (Fsp3) is 0.222. The third-order valence-electron chi connectivity index (χ3n) is 3.57. The molecule has 8 heteroatoms. The van der Waals surface area contributed by atoms with Crippen LogP contribution in [0.1, 0.15) is 6.92 Å². The summed E-state index contributed by atoms with van der Waals surface area (Å²) in [5, 5.41) is 3.26. The Morgan fingerprint density at radius 1 is 1.08 bits per heavy atom. The Morgan fingerprint density at radius 2 is 1.73 bits per heavy atom. The molecule has 2 rings (SSSR count). The van der Waals surface area contributed by atoms with E-state index in [0.29, 0.717) is 17.2 Å². The van der Waals surface area contributed by atoms with Gasteiger partial charge in [-0.2, -0.15) is 0 Å². The van der Waals surface area contributed by atoms with Crippen LogP contribution in [-0.2, 0) is 9.59 Å². The molecule has 2 amide bonds. The molecular weight excluding hydrogens is 379 g/mol. The normalized spacial score (nSPS) is 10.2. The van der Waals surface area contributed by atoms with Crippen molar-refractivity contribution in [3.05, 3.63) is 46.4 Å². The molecule has 2 aromatic rings. The summed E-state index contributed by atoms with van der Waals surface area (Å²) in [6.07, 6.45) is 0. The minimum absolute atomic E-state index is 0.265. The fourth-order valence-electron chi connectivity index (χ4n) is 2.34. The molecule has 138 valence electrons. The van der Waals surface area contributed by atoms with Crippen LogP contribution in [0, 0.1) is 0 Å². The van der Waals surface area contributed by atoms with E-state index in [2.05, 4.69) is 5.32 Å². The first-order valence-corrected chi connectivity index (χ1v) is 8.37. The van der Waals surface area contributed by atoms with E-state index in [1.807, 2.05) is 0 Å².